The molecule has 10 nitrogen and oxygen atoms in total. The van der Waals surface area contributed by atoms with Gasteiger partial charge in [0.25, 0.3) is 0 Å². The molecular formula is C24H28N8O2. The summed E-state index contributed by atoms with van der Waals surface area (Å²) in [7, 11) is 0. The Hall–Kier alpha value is -3.86. The molecule has 2 aromatic heterocycles. The predicted molar refractivity (Wildman–Crippen MR) is 131 cm³/mol. The highest BCUT2D eigenvalue weighted by Gasteiger charge is 2.16. The number of rotatable bonds is 9. The van der Waals surface area contributed by atoms with Crippen LogP contribution in [0.3, 0.4) is 0 Å². The van der Waals surface area contributed by atoms with E-state index in [4.69, 9.17) is 4.74 Å². The third kappa shape index (κ3) is 6.82. The zero-order valence-corrected chi connectivity index (χ0v) is 19.3. The van der Waals surface area contributed by atoms with Crippen molar-refractivity contribution in [3.05, 3.63) is 72.6 Å². The normalized spacial score (nSPS) is 12.4. The van der Waals surface area contributed by atoms with E-state index in [1.165, 1.54) is 6.33 Å². The van der Waals surface area contributed by atoms with E-state index < -0.39 is 12.0 Å². The highest BCUT2D eigenvalue weighted by Crippen LogP contribution is 2.21. The van der Waals surface area contributed by atoms with Crippen LogP contribution in [0.2, 0.25) is 0 Å². The van der Waals surface area contributed by atoms with Crippen LogP contribution in [-0.2, 0) is 11.3 Å². The monoisotopic (exact) mass is 460 g/mol. The number of benzene rings is 2. The molecule has 176 valence electrons. The number of nitrogens with one attached hydrogen (secondary N) is 4. The number of aromatic nitrogens is 5. The predicted octanol–water partition coefficient (Wildman–Crippen LogP) is 3.93. The molecule has 4 rings (SSSR count). The molecule has 0 fully saturated rings. The van der Waals surface area contributed by atoms with Crippen LogP contribution in [-0.4, -0.2) is 42.3 Å². The van der Waals surface area contributed by atoms with Gasteiger partial charge < -0.3 is 20.5 Å². The number of aromatic amines is 1. The van der Waals surface area contributed by atoms with Crippen molar-refractivity contribution in [3.63, 3.8) is 0 Å². The number of nitrogens with zero attached hydrogens (tertiary/aromatic N) is 4. The second kappa shape index (κ2) is 10.4. The van der Waals surface area contributed by atoms with E-state index in [1.807, 2.05) is 81.4 Å². The van der Waals surface area contributed by atoms with Crippen LogP contribution in [0.15, 0.2) is 67.0 Å². The van der Waals surface area contributed by atoms with Crippen LogP contribution in [0.1, 0.15) is 26.3 Å². The van der Waals surface area contributed by atoms with Gasteiger partial charge in [0.2, 0.25) is 18.3 Å². The fourth-order valence-corrected chi connectivity index (χ4v) is 3.15. The van der Waals surface area contributed by atoms with Crippen LogP contribution in [0, 0.1) is 0 Å². The first-order chi connectivity index (χ1) is 16.3. The fourth-order valence-electron chi connectivity index (χ4n) is 3.15. The summed E-state index contributed by atoms with van der Waals surface area (Å²) in [6, 6.07) is 19.5. The van der Waals surface area contributed by atoms with E-state index in [-0.39, 0.29) is 0 Å². The topological polar surface area (TPSA) is 133 Å². The lowest BCUT2D eigenvalue weighted by Gasteiger charge is -2.24. The van der Waals surface area contributed by atoms with Gasteiger partial charge in [-0.25, -0.2) is 9.97 Å². The Labute approximate surface area is 197 Å². The average Bonchev–Trinajstić information content (AvgIpc) is 3.26. The largest absolute Gasteiger partial charge is 0.356 e. The first kappa shape index (κ1) is 23.3. The summed E-state index contributed by atoms with van der Waals surface area (Å²) >= 11 is 0. The van der Waals surface area contributed by atoms with Crippen molar-refractivity contribution in [3.8, 4) is 11.3 Å². The van der Waals surface area contributed by atoms with Crippen molar-refractivity contribution >= 4 is 23.4 Å². The van der Waals surface area contributed by atoms with Crippen LogP contribution >= 0.6 is 0 Å². The minimum atomic E-state index is -1.06. The van der Waals surface area contributed by atoms with Crippen LogP contribution in [0.4, 0.5) is 23.4 Å². The number of aliphatic hydroxyl groups excluding tert-OH is 1. The zero-order chi connectivity index (χ0) is 24.0. The van der Waals surface area contributed by atoms with Gasteiger partial charge in [-0.3, -0.25) is 10.4 Å². The maximum Gasteiger partial charge on any atom is 0.233 e. The molecule has 2 heterocycles. The Kier molecular flexibility index (Phi) is 7.12. The Morgan fingerprint density at radius 1 is 0.971 bits per heavy atom. The number of anilines is 4. The molecule has 34 heavy (non-hydrogen) atoms. The summed E-state index contributed by atoms with van der Waals surface area (Å²) in [6.45, 7) is 6.08. The molecule has 0 aliphatic carbocycles. The quantitative estimate of drug-likeness (QED) is 0.236. The van der Waals surface area contributed by atoms with Gasteiger partial charge in [-0.15, -0.1) is 0 Å². The van der Waals surface area contributed by atoms with Gasteiger partial charge in [-0.05, 0) is 44.0 Å². The van der Waals surface area contributed by atoms with Gasteiger partial charge in [0.15, 0.2) is 5.82 Å². The van der Waals surface area contributed by atoms with Crippen molar-refractivity contribution in [1.82, 2.24) is 30.5 Å². The fraction of sp³-hybridized carbons (Fsp3) is 0.250. The molecule has 5 N–H and O–H groups in total. The van der Waals surface area contributed by atoms with E-state index in [9.17, 15) is 5.11 Å². The molecule has 1 atom stereocenters. The lowest BCUT2D eigenvalue weighted by atomic mass is 10.2. The number of H-pyrrole nitrogens is 1. The number of hydrogen-bond acceptors (Lipinski definition) is 9. The molecule has 0 spiro atoms. The minimum Gasteiger partial charge on any atom is -0.356 e. The van der Waals surface area contributed by atoms with E-state index in [1.54, 1.807) is 0 Å². The second-order valence-electron chi connectivity index (χ2n) is 8.58. The SMILES string of the molecule is CC(C)(C)OC(O)NCc1cccc(Nc2ncnc(Nc3cc(-c4ccccc4)[nH]n3)n2)c1. The summed E-state index contributed by atoms with van der Waals surface area (Å²) in [5.74, 6) is 1.35. The molecule has 0 aliphatic rings. The zero-order valence-electron chi connectivity index (χ0n) is 19.3. The molecular weight excluding hydrogens is 432 g/mol. The summed E-state index contributed by atoms with van der Waals surface area (Å²) in [6.07, 6.45) is 0.367. The summed E-state index contributed by atoms with van der Waals surface area (Å²) in [5.41, 5.74) is 3.24. The molecule has 1 unspecified atom stereocenters. The van der Waals surface area contributed by atoms with E-state index >= 15 is 0 Å². The highest BCUT2D eigenvalue weighted by atomic mass is 16.6. The minimum absolute atomic E-state index is 0.365. The van der Waals surface area contributed by atoms with Crippen molar-refractivity contribution in [2.45, 2.75) is 39.3 Å². The van der Waals surface area contributed by atoms with Crippen LogP contribution < -0.4 is 16.0 Å². The van der Waals surface area contributed by atoms with Crippen LogP contribution in [0.5, 0.6) is 0 Å². The molecule has 0 saturated heterocycles. The number of ether oxygens (including phenoxy) is 1. The van der Waals surface area contributed by atoms with Gasteiger partial charge in [0, 0.05) is 18.3 Å². The van der Waals surface area contributed by atoms with E-state index in [0.717, 1.165) is 22.5 Å². The van der Waals surface area contributed by atoms with Gasteiger partial charge in [-0.2, -0.15) is 10.1 Å². The Morgan fingerprint density at radius 3 is 2.50 bits per heavy atom. The third-order valence-corrected chi connectivity index (χ3v) is 4.60. The second-order valence-corrected chi connectivity index (χ2v) is 8.58. The highest BCUT2D eigenvalue weighted by molar-refractivity contribution is 5.64. The Bertz CT molecular complexity index is 1210. The Balaban J connectivity index is 1.37. The molecule has 0 amide bonds. The molecule has 10 heteroatoms. The third-order valence-electron chi connectivity index (χ3n) is 4.60. The van der Waals surface area contributed by atoms with Crippen molar-refractivity contribution in [2.75, 3.05) is 10.6 Å². The number of aliphatic hydroxyl groups is 1. The lowest BCUT2D eigenvalue weighted by Crippen LogP contribution is -2.37. The van der Waals surface area contributed by atoms with Crippen LogP contribution in [0.25, 0.3) is 11.3 Å². The first-order valence-corrected chi connectivity index (χ1v) is 10.9. The van der Waals surface area contributed by atoms with Gasteiger partial charge >= 0.3 is 0 Å². The van der Waals surface area contributed by atoms with E-state index in [2.05, 4.69) is 41.1 Å². The molecule has 4 aromatic rings. The van der Waals surface area contributed by atoms with Crippen molar-refractivity contribution in [1.29, 1.82) is 0 Å². The molecule has 0 bridgehead atoms. The van der Waals surface area contributed by atoms with E-state index in [0.29, 0.717) is 24.3 Å². The summed E-state index contributed by atoms with van der Waals surface area (Å²) in [5, 5.41) is 26.5. The van der Waals surface area contributed by atoms with Crippen molar-refractivity contribution < 1.29 is 9.84 Å². The summed E-state index contributed by atoms with van der Waals surface area (Å²) < 4.78 is 5.46. The maximum absolute atomic E-state index is 9.98. The molecule has 0 radical (unpaired) electrons. The molecule has 2 aromatic carbocycles. The first-order valence-electron chi connectivity index (χ1n) is 10.9. The average molecular weight is 461 g/mol. The van der Waals surface area contributed by atoms with Crippen molar-refractivity contribution in [2.24, 2.45) is 0 Å². The Morgan fingerprint density at radius 2 is 1.74 bits per heavy atom. The molecule has 0 aliphatic heterocycles. The molecule has 0 saturated carbocycles. The van der Waals surface area contributed by atoms with Gasteiger partial charge in [0.05, 0.1) is 11.3 Å². The number of hydrogen-bond donors (Lipinski definition) is 5. The lowest BCUT2D eigenvalue weighted by molar-refractivity contribution is -0.182. The standard InChI is InChI=1S/C24H28N8O2/c1-24(2,3)34-23(33)25-14-16-8-7-11-18(12-16)28-21-26-15-27-22(30-21)29-20-13-19(31-32-20)17-9-5-4-6-10-17/h4-13,15,23,25,33H,14H2,1-3H3,(H3,26,27,28,29,30,31,32). The maximum atomic E-state index is 9.98. The summed E-state index contributed by atoms with van der Waals surface area (Å²) in [4.78, 5) is 12.8. The van der Waals surface area contributed by atoms with Gasteiger partial charge in [-0.1, -0.05) is 42.5 Å². The van der Waals surface area contributed by atoms with Gasteiger partial charge in [0.1, 0.15) is 6.33 Å². The smallest absolute Gasteiger partial charge is 0.233 e.